The number of hydrogen-bond donors (Lipinski definition) is 1. The van der Waals surface area contributed by atoms with Crippen molar-refractivity contribution in [2.24, 2.45) is 0 Å². The van der Waals surface area contributed by atoms with Gasteiger partial charge in [0, 0.05) is 42.7 Å². The van der Waals surface area contributed by atoms with E-state index in [9.17, 15) is 9.59 Å². The summed E-state index contributed by atoms with van der Waals surface area (Å²) < 4.78 is 5.27. The van der Waals surface area contributed by atoms with Crippen LogP contribution in [0, 0.1) is 13.8 Å². The molecule has 2 aromatic rings. The van der Waals surface area contributed by atoms with Gasteiger partial charge in [-0.05, 0) is 37.1 Å². The molecule has 1 aliphatic heterocycles. The van der Waals surface area contributed by atoms with E-state index in [4.69, 9.17) is 4.74 Å². The van der Waals surface area contributed by atoms with E-state index in [1.165, 1.54) is 28.4 Å². The Kier molecular flexibility index (Phi) is 7.00. The number of nitrogens with zero attached hydrogens (tertiary/aromatic N) is 3. The average Bonchev–Trinajstić information content (AvgIpc) is 2.73. The van der Waals surface area contributed by atoms with E-state index in [0.717, 1.165) is 5.75 Å². The number of aromatic nitrogens is 2. The number of ether oxygens (including phenoxy) is 1. The Bertz CT molecular complexity index is 853. The first kappa shape index (κ1) is 20.3. The van der Waals surface area contributed by atoms with Crippen molar-refractivity contribution in [3.05, 3.63) is 53.1 Å². The van der Waals surface area contributed by atoms with Crippen molar-refractivity contribution in [2.45, 2.75) is 18.7 Å². The number of carbonyl (C=O) groups excluding carboxylic acids is 2. The van der Waals surface area contributed by atoms with Gasteiger partial charge in [0.2, 0.25) is 0 Å². The van der Waals surface area contributed by atoms with Crippen molar-refractivity contribution in [1.29, 1.82) is 0 Å². The van der Waals surface area contributed by atoms with Crippen LogP contribution in [-0.4, -0.2) is 65.3 Å². The summed E-state index contributed by atoms with van der Waals surface area (Å²) in [7, 11) is 0. The van der Waals surface area contributed by atoms with Crippen molar-refractivity contribution < 1.29 is 14.3 Å². The lowest BCUT2D eigenvalue weighted by molar-refractivity contribution is 0.0297. The van der Waals surface area contributed by atoms with E-state index in [0.29, 0.717) is 32.8 Å². The molecule has 0 atom stereocenters. The number of amides is 2. The Morgan fingerprint density at radius 1 is 1.11 bits per heavy atom. The standard InChI is InChI=1S/C20H24N4O3S/c1-14-3-4-16(13-15(14)2)28-12-7-23-19(25)17-18(22-6-5-21-17)20(26)24-8-10-27-11-9-24/h3-6,13H,7-12H2,1-2H3,(H,23,25). The third-order valence-corrected chi connectivity index (χ3v) is 5.54. The number of hydrogen-bond acceptors (Lipinski definition) is 6. The number of carbonyl (C=O) groups is 2. The van der Waals surface area contributed by atoms with Crippen LogP contribution in [0.3, 0.4) is 0 Å². The van der Waals surface area contributed by atoms with Gasteiger partial charge in [-0.15, -0.1) is 11.8 Å². The van der Waals surface area contributed by atoms with Crippen LogP contribution in [0.5, 0.6) is 0 Å². The highest BCUT2D eigenvalue weighted by Gasteiger charge is 2.25. The van der Waals surface area contributed by atoms with E-state index >= 15 is 0 Å². The van der Waals surface area contributed by atoms with Crippen LogP contribution in [0.2, 0.25) is 0 Å². The first-order valence-electron chi connectivity index (χ1n) is 9.22. The van der Waals surface area contributed by atoms with Gasteiger partial charge in [-0.2, -0.15) is 0 Å². The topological polar surface area (TPSA) is 84.4 Å². The summed E-state index contributed by atoms with van der Waals surface area (Å²) >= 11 is 1.67. The van der Waals surface area contributed by atoms with Crippen LogP contribution >= 0.6 is 11.8 Å². The molecule has 0 spiro atoms. The lowest BCUT2D eigenvalue weighted by Gasteiger charge is -2.26. The second kappa shape index (κ2) is 9.66. The summed E-state index contributed by atoms with van der Waals surface area (Å²) in [6.45, 7) is 6.60. The maximum Gasteiger partial charge on any atom is 0.275 e. The summed E-state index contributed by atoms with van der Waals surface area (Å²) in [5, 5.41) is 2.84. The van der Waals surface area contributed by atoms with E-state index in [2.05, 4.69) is 47.3 Å². The number of aryl methyl sites for hydroxylation is 2. The van der Waals surface area contributed by atoms with Crippen molar-refractivity contribution in [1.82, 2.24) is 20.2 Å². The molecule has 28 heavy (non-hydrogen) atoms. The molecule has 1 aromatic carbocycles. The van der Waals surface area contributed by atoms with Gasteiger partial charge in [0.25, 0.3) is 11.8 Å². The molecule has 1 N–H and O–H groups in total. The Hall–Kier alpha value is -2.45. The van der Waals surface area contributed by atoms with Crippen LogP contribution < -0.4 is 5.32 Å². The fraction of sp³-hybridized carbons (Fsp3) is 0.400. The summed E-state index contributed by atoms with van der Waals surface area (Å²) in [6.07, 6.45) is 2.86. The third kappa shape index (κ3) is 5.08. The zero-order valence-corrected chi connectivity index (χ0v) is 16.9. The SMILES string of the molecule is Cc1ccc(SCCNC(=O)c2nccnc2C(=O)N2CCOCC2)cc1C. The summed E-state index contributed by atoms with van der Waals surface area (Å²) in [6, 6.07) is 6.32. The number of benzene rings is 1. The Balaban J connectivity index is 1.56. The zero-order valence-electron chi connectivity index (χ0n) is 16.1. The van der Waals surface area contributed by atoms with Gasteiger partial charge in [-0.25, -0.2) is 9.97 Å². The highest BCUT2D eigenvalue weighted by Crippen LogP contribution is 2.20. The minimum Gasteiger partial charge on any atom is -0.378 e. The molecule has 1 aromatic heterocycles. The Morgan fingerprint density at radius 3 is 2.54 bits per heavy atom. The molecule has 2 amide bonds. The van der Waals surface area contributed by atoms with Crippen LogP contribution in [-0.2, 0) is 4.74 Å². The molecule has 0 radical (unpaired) electrons. The van der Waals surface area contributed by atoms with Gasteiger partial charge in [-0.3, -0.25) is 9.59 Å². The maximum atomic E-state index is 12.7. The van der Waals surface area contributed by atoms with Crippen LogP contribution in [0.1, 0.15) is 32.1 Å². The third-order valence-electron chi connectivity index (χ3n) is 4.55. The molecule has 3 rings (SSSR count). The molecule has 1 saturated heterocycles. The van der Waals surface area contributed by atoms with E-state index < -0.39 is 0 Å². The van der Waals surface area contributed by atoms with E-state index in [1.807, 2.05) is 0 Å². The summed E-state index contributed by atoms with van der Waals surface area (Å²) in [4.78, 5) is 36.2. The van der Waals surface area contributed by atoms with Crippen molar-refractivity contribution in [2.75, 3.05) is 38.6 Å². The van der Waals surface area contributed by atoms with E-state index in [1.54, 1.807) is 16.7 Å². The van der Waals surface area contributed by atoms with E-state index in [-0.39, 0.29) is 23.2 Å². The number of thioether (sulfide) groups is 1. The molecular weight excluding hydrogens is 376 g/mol. The monoisotopic (exact) mass is 400 g/mol. The molecule has 8 heteroatoms. The van der Waals surface area contributed by atoms with Crippen LogP contribution in [0.25, 0.3) is 0 Å². The Labute approximate surface area is 168 Å². The number of nitrogens with one attached hydrogen (secondary N) is 1. The lowest BCUT2D eigenvalue weighted by Crippen LogP contribution is -2.42. The molecule has 0 bridgehead atoms. The van der Waals surface area contributed by atoms with Gasteiger partial charge >= 0.3 is 0 Å². The molecule has 7 nitrogen and oxygen atoms in total. The van der Waals surface area contributed by atoms with Crippen molar-refractivity contribution in [3.63, 3.8) is 0 Å². The molecule has 1 aliphatic rings. The second-order valence-electron chi connectivity index (χ2n) is 6.51. The largest absolute Gasteiger partial charge is 0.378 e. The van der Waals surface area contributed by atoms with Crippen LogP contribution in [0.15, 0.2) is 35.5 Å². The zero-order chi connectivity index (χ0) is 19.9. The van der Waals surface area contributed by atoms with Gasteiger partial charge in [0.15, 0.2) is 11.4 Å². The molecule has 0 aliphatic carbocycles. The Morgan fingerprint density at radius 2 is 1.82 bits per heavy atom. The molecule has 0 unspecified atom stereocenters. The van der Waals surface area contributed by atoms with Crippen LogP contribution in [0.4, 0.5) is 0 Å². The van der Waals surface area contributed by atoms with Crippen molar-refractivity contribution in [3.8, 4) is 0 Å². The molecule has 2 heterocycles. The molecular formula is C20H24N4O3S. The van der Waals surface area contributed by atoms with Gasteiger partial charge in [-0.1, -0.05) is 6.07 Å². The fourth-order valence-electron chi connectivity index (χ4n) is 2.80. The first-order chi connectivity index (χ1) is 13.6. The predicted molar refractivity (Wildman–Crippen MR) is 108 cm³/mol. The minimum absolute atomic E-state index is 0.0650. The van der Waals surface area contributed by atoms with Gasteiger partial charge in [0.05, 0.1) is 13.2 Å². The maximum absolute atomic E-state index is 12.7. The highest BCUT2D eigenvalue weighted by molar-refractivity contribution is 7.99. The lowest BCUT2D eigenvalue weighted by atomic mass is 10.1. The van der Waals surface area contributed by atoms with Gasteiger partial charge in [0.1, 0.15) is 0 Å². The number of rotatable bonds is 6. The normalized spacial score (nSPS) is 14.0. The van der Waals surface area contributed by atoms with Crippen molar-refractivity contribution >= 4 is 23.6 Å². The molecule has 148 valence electrons. The predicted octanol–water partition coefficient (Wildman–Crippen LogP) is 2.09. The summed E-state index contributed by atoms with van der Waals surface area (Å²) in [5.74, 6) is 0.0535. The molecule has 1 fully saturated rings. The summed E-state index contributed by atoms with van der Waals surface area (Å²) in [5.41, 5.74) is 2.66. The number of morpholine rings is 1. The smallest absolute Gasteiger partial charge is 0.275 e. The second-order valence-corrected chi connectivity index (χ2v) is 7.68. The first-order valence-corrected chi connectivity index (χ1v) is 10.2. The molecule has 0 saturated carbocycles. The van der Waals surface area contributed by atoms with Gasteiger partial charge < -0.3 is 15.0 Å². The highest BCUT2D eigenvalue weighted by atomic mass is 32.2. The fourth-order valence-corrected chi connectivity index (χ4v) is 3.66. The quantitative estimate of drug-likeness (QED) is 0.590. The minimum atomic E-state index is -0.384. The average molecular weight is 401 g/mol.